The summed E-state index contributed by atoms with van der Waals surface area (Å²) in [6.45, 7) is 10.7. The Bertz CT molecular complexity index is 405. The van der Waals surface area contributed by atoms with Crippen LogP contribution in [-0.2, 0) is 11.3 Å². The number of carboxylic acids is 1. The van der Waals surface area contributed by atoms with Gasteiger partial charge < -0.3 is 5.11 Å². The van der Waals surface area contributed by atoms with Crippen LogP contribution in [0.3, 0.4) is 0 Å². The van der Waals surface area contributed by atoms with Crippen LogP contribution >= 0.6 is 0 Å². The molecule has 0 aliphatic carbocycles. The standard InChI is InChI=1S/C13H23N3O2/c1-10(2)16-7-6-11(14-16)8-15(9-12(17)18)13(3,4)5/h6-7,10H,8-9H2,1-5H3,(H,17,18). The zero-order valence-electron chi connectivity index (χ0n) is 11.8. The Kier molecular flexibility index (Phi) is 4.51. The van der Waals surface area contributed by atoms with Crippen molar-refractivity contribution in [2.24, 2.45) is 0 Å². The fourth-order valence-corrected chi connectivity index (χ4v) is 1.64. The highest BCUT2D eigenvalue weighted by molar-refractivity contribution is 5.69. The largest absolute Gasteiger partial charge is 0.480 e. The average molecular weight is 253 g/mol. The smallest absolute Gasteiger partial charge is 0.317 e. The van der Waals surface area contributed by atoms with Gasteiger partial charge in [-0.05, 0) is 40.7 Å². The number of carbonyl (C=O) groups is 1. The van der Waals surface area contributed by atoms with Gasteiger partial charge in [-0.2, -0.15) is 5.10 Å². The summed E-state index contributed by atoms with van der Waals surface area (Å²) in [6, 6.07) is 2.27. The molecular formula is C13H23N3O2. The molecule has 0 spiro atoms. The molecule has 102 valence electrons. The van der Waals surface area contributed by atoms with Gasteiger partial charge in [0, 0.05) is 24.3 Å². The Balaban J connectivity index is 2.79. The Morgan fingerprint density at radius 3 is 2.50 bits per heavy atom. The minimum absolute atomic E-state index is 0.0258. The van der Waals surface area contributed by atoms with Gasteiger partial charge in [-0.15, -0.1) is 0 Å². The van der Waals surface area contributed by atoms with Crippen molar-refractivity contribution < 1.29 is 9.90 Å². The molecule has 0 aromatic carbocycles. The normalized spacial score (nSPS) is 12.4. The van der Waals surface area contributed by atoms with E-state index in [0.29, 0.717) is 12.6 Å². The van der Waals surface area contributed by atoms with Crippen LogP contribution < -0.4 is 0 Å². The number of nitrogens with zero attached hydrogens (tertiary/aromatic N) is 3. The maximum absolute atomic E-state index is 10.9. The number of hydrogen-bond acceptors (Lipinski definition) is 3. The first-order valence-corrected chi connectivity index (χ1v) is 6.21. The summed E-state index contributed by atoms with van der Waals surface area (Å²) >= 11 is 0. The van der Waals surface area contributed by atoms with E-state index in [4.69, 9.17) is 5.11 Å². The molecule has 0 bridgehead atoms. The van der Waals surface area contributed by atoms with Gasteiger partial charge in [0.25, 0.3) is 0 Å². The van der Waals surface area contributed by atoms with Crippen LogP contribution in [0.5, 0.6) is 0 Å². The molecule has 1 heterocycles. The number of aromatic nitrogens is 2. The van der Waals surface area contributed by atoms with E-state index in [9.17, 15) is 4.79 Å². The molecule has 0 aliphatic heterocycles. The van der Waals surface area contributed by atoms with Crippen LogP contribution in [0, 0.1) is 0 Å². The van der Waals surface area contributed by atoms with Crippen molar-refractivity contribution in [3.05, 3.63) is 18.0 Å². The first-order valence-electron chi connectivity index (χ1n) is 6.21. The zero-order chi connectivity index (χ0) is 13.9. The second kappa shape index (κ2) is 5.52. The van der Waals surface area contributed by atoms with E-state index < -0.39 is 5.97 Å². The summed E-state index contributed by atoms with van der Waals surface area (Å²) in [7, 11) is 0. The lowest BCUT2D eigenvalue weighted by molar-refractivity contribution is -0.139. The molecule has 1 aromatic heterocycles. The minimum Gasteiger partial charge on any atom is -0.480 e. The van der Waals surface area contributed by atoms with E-state index in [-0.39, 0.29) is 12.1 Å². The lowest BCUT2D eigenvalue weighted by Gasteiger charge is -2.33. The van der Waals surface area contributed by atoms with Crippen LogP contribution in [-0.4, -0.2) is 37.8 Å². The van der Waals surface area contributed by atoms with E-state index >= 15 is 0 Å². The molecule has 0 radical (unpaired) electrons. The van der Waals surface area contributed by atoms with E-state index in [2.05, 4.69) is 18.9 Å². The van der Waals surface area contributed by atoms with Gasteiger partial charge in [0.1, 0.15) is 0 Å². The first-order chi connectivity index (χ1) is 8.20. The van der Waals surface area contributed by atoms with E-state index in [0.717, 1.165) is 5.69 Å². The third-order valence-electron chi connectivity index (χ3n) is 2.82. The highest BCUT2D eigenvalue weighted by Gasteiger charge is 2.24. The third-order valence-corrected chi connectivity index (χ3v) is 2.82. The Hall–Kier alpha value is -1.36. The molecule has 0 atom stereocenters. The predicted octanol–water partition coefficient (Wildman–Crippen LogP) is 2.15. The number of hydrogen-bond donors (Lipinski definition) is 1. The summed E-state index contributed by atoms with van der Waals surface area (Å²) in [5, 5.41) is 13.4. The molecule has 0 unspecified atom stereocenters. The molecule has 0 fully saturated rings. The van der Waals surface area contributed by atoms with Crippen molar-refractivity contribution in [1.29, 1.82) is 0 Å². The monoisotopic (exact) mass is 253 g/mol. The lowest BCUT2D eigenvalue weighted by Crippen LogP contribution is -2.43. The SMILES string of the molecule is CC(C)n1ccc(CN(CC(=O)O)C(C)(C)C)n1. The van der Waals surface area contributed by atoms with Gasteiger partial charge in [-0.25, -0.2) is 0 Å². The molecular weight excluding hydrogens is 230 g/mol. The number of rotatable bonds is 5. The van der Waals surface area contributed by atoms with E-state index in [1.165, 1.54) is 0 Å². The second-order valence-corrected chi connectivity index (χ2v) is 5.80. The topological polar surface area (TPSA) is 58.4 Å². The van der Waals surface area contributed by atoms with E-state index in [1.54, 1.807) is 0 Å². The molecule has 0 saturated heterocycles. The van der Waals surface area contributed by atoms with Gasteiger partial charge in [0.15, 0.2) is 0 Å². The van der Waals surface area contributed by atoms with Crippen LogP contribution in [0.4, 0.5) is 0 Å². The third kappa shape index (κ3) is 4.14. The van der Waals surface area contributed by atoms with Crippen LogP contribution in [0.2, 0.25) is 0 Å². The minimum atomic E-state index is -0.812. The summed E-state index contributed by atoms with van der Waals surface area (Å²) in [5.74, 6) is -0.812. The quantitative estimate of drug-likeness (QED) is 0.873. The lowest BCUT2D eigenvalue weighted by atomic mass is 10.1. The van der Waals surface area contributed by atoms with Gasteiger partial charge >= 0.3 is 5.97 Å². The molecule has 1 rings (SSSR count). The van der Waals surface area contributed by atoms with Gasteiger partial charge in [0.05, 0.1) is 12.2 Å². The fraction of sp³-hybridized carbons (Fsp3) is 0.692. The second-order valence-electron chi connectivity index (χ2n) is 5.80. The van der Waals surface area contributed by atoms with Gasteiger partial charge in [0.2, 0.25) is 0 Å². The summed E-state index contributed by atoms with van der Waals surface area (Å²) in [5.41, 5.74) is 0.708. The van der Waals surface area contributed by atoms with E-state index in [1.807, 2.05) is 42.6 Å². The fourth-order valence-electron chi connectivity index (χ4n) is 1.64. The Morgan fingerprint density at radius 1 is 1.50 bits per heavy atom. The van der Waals surface area contributed by atoms with Crippen molar-refractivity contribution in [3.8, 4) is 0 Å². The Morgan fingerprint density at radius 2 is 2.11 bits per heavy atom. The van der Waals surface area contributed by atoms with Crippen LogP contribution in [0.25, 0.3) is 0 Å². The predicted molar refractivity (Wildman–Crippen MR) is 70.4 cm³/mol. The molecule has 0 amide bonds. The van der Waals surface area contributed by atoms with Crippen molar-refractivity contribution >= 4 is 5.97 Å². The Labute approximate surface area is 108 Å². The van der Waals surface area contributed by atoms with Crippen molar-refractivity contribution in [1.82, 2.24) is 14.7 Å². The molecule has 5 nitrogen and oxygen atoms in total. The molecule has 18 heavy (non-hydrogen) atoms. The highest BCUT2D eigenvalue weighted by atomic mass is 16.4. The van der Waals surface area contributed by atoms with Crippen molar-refractivity contribution in [3.63, 3.8) is 0 Å². The maximum Gasteiger partial charge on any atom is 0.317 e. The van der Waals surface area contributed by atoms with Crippen LogP contribution in [0.1, 0.15) is 46.4 Å². The molecule has 0 aliphatic rings. The highest BCUT2D eigenvalue weighted by Crippen LogP contribution is 2.16. The van der Waals surface area contributed by atoms with Gasteiger partial charge in [-0.3, -0.25) is 14.4 Å². The zero-order valence-corrected chi connectivity index (χ0v) is 11.8. The van der Waals surface area contributed by atoms with Crippen molar-refractivity contribution in [2.45, 2.75) is 52.7 Å². The number of carboxylic acid groups (broad SMARTS) is 1. The first kappa shape index (κ1) is 14.7. The molecule has 5 heteroatoms. The summed E-state index contributed by atoms with van der Waals surface area (Å²) in [6.07, 6.45) is 1.93. The number of aliphatic carboxylic acids is 1. The van der Waals surface area contributed by atoms with Gasteiger partial charge in [-0.1, -0.05) is 0 Å². The van der Waals surface area contributed by atoms with Crippen molar-refractivity contribution in [2.75, 3.05) is 6.54 Å². The summed E-state index contributed by atoms with van der Waals surface area (Å²) in [4.78, 5) is 12.8. The maximum atomic E-state index is 10.9. The average Bonchev–Trinajstić information content (AvgIpc) is 2.63. The van der Waals surface area contributed by atoms with Crippen LogP contribution in [0.15, 0.2) is 12.3 Å². The molecule has 1 N–H and O–H groups in total. The molecule has 1 aromatic rings. The molecule has 0 saturated carbocycles. The summed E-state index contributed by atoms with van der Waals surface area (Å²) < 4.78 is 1.89.